The van der Waals surface area contributed by atoms with Crippen molar-refractivity contribution in [2.24, 2.45) is 11.8 Å². The molecule has 1 fully saturated rings. The number of carbonyl (C=O) groups excluding carboxylic acids is 1. The summed E-state index contributed by atoms with van der Waals surface area (Å²) in [5.74, 6) is 0.480. The summed E-state index contributed by atoms with van der Waals surface area (Å²) in [6.07, 6.45) is 8.36. The number of hydrogen-bond acceptors (Lipinski definition) is 5. The number of aliphatic carboxylic acids is 1. The molecule has 152 valence electrons. The summed E-state index contributed by atoms with van der Waals surface area (Å²) in [5, 5.41) is 12.2. The van der Waals surface area contributed by atoms with Crippen LogP contribution in [-0.2, 0) is 4.79 Å². The van der Waals surface area contributed by atoms with Crippen molar-refractivity contribution < 1.29 is 14.7 Å². The van der Waals surface area contributed by atoms with Crippen LogP contribution in [0.15, 0.2) is 10.4 Å². The van der Waals surface area contributed by atoms with Crippen molar-refractivity contribution in [2.45, 2.75) is 69.5 Å². The maximum Gasteiger partial charge on any atom is 0.323 e. The van der Waals surface area contributed by atoms with E-state index in [2.05, 4.69) is 31.1 Å². The quantitative estimate of drug-likeness (QED) is 0.546. The number of rotatable bonds is 9. The molecular formula is C19H31N3O3S2. The average molecular weight is 414 g/mol. The largest absolute Gasteiger partial charge is 0.481 e. The molecular weight excluding hydrogens is 382 g/mol. The van der Waals surface area contributed by atoms with Gasteiger partial charge in [0.05, 0.1) is 16.2 Å². The molecule has 0 saturated heterocycles. The number of urea groups is 1. The van der Waals surface area contributed by atoms with Crippen molar-refractivity contribution in [1.82, 2.24) is 9.88 Å². The lowest BCUT2D eigenvalue weighted by Gasteiger charge is -2.37. The van der Waals surface area contributed by atoms with Crippen molar-refractivity contribution >= 4 is 40.2 Å². The summed E-state index contributed by atoms with van der Waals surface area (Å²) in [7, 11) is 0. The van der Waals surface area contributed by atoms with Crippen molar-refractivity contribution in [3.8, 4) is 0 Å². The van der Waals surface area contributed by atoms with Crippen molar-refractivity contribution in [3.05, 3.63) is 6.20 Å². The fourth-order valence-electron chi connectivity index (χ4n) is 3.39. The van der Waals surface area contributed by atoms with E-state index >= 15 is 0 Å². The van der Waals surface area contributed by atoms with Crippen molar-refractivity contribution in [1.29, 1.82) is 0 Å². The Labute approximate surface area is 170 Å². The van der Waals surface area contributed by atoms with E-state index in [9.17, 15) is 9.59 Å². The van der Waals surface area contributed by atoms with E-state index in [1.54, 1.807) is 6.20 Å². The zero-order valence-corrected chi connectivity index (χ0v) is 18.1. The Morgan fingerprint density at radius 3 is 2.67 bits per heavy atom. The van der Waals surface area contributed by atoms with Crippen LogP contribution in [0.4, 0.5) is 9.93 Å². The van der Waals surface area contributed by atoms with Gasteiger partial charge in [-0.05, 0) is 43.9 Å². The van der Waals surface area contributed by atoms with E-state index in [4.69, 9.17) is 5.11 Å². The van der Waals surface area contributed by atoms with Gasteiger partial charge in [-0.3, -0.25) is 10.1 Å². The van der Waals surface area contributed by atoms with Gasteiger partial charge >= 0.3 is 12.0 Å². The zero-order chi connectivity index (χ0) is 19.8. The lowest BCUT2D eigenvalue weighted by molar-refractivity contribution is -0.133. The number of carbonyl (C=O) groups is 2. The topological polar surface area (TPSA) is 82.5 Å². The van der Waals surface area contributed by atoms with E-state index < -0.39 is 5.97 Å². The molecule has 2 amide bonds. The second kappa shape index (κ2) is 10.9. The molecule has 8 heteroatoms. The smallest absolute Gasteiger partial charge is 0.323 e. The van der Waals surface area contributed by atoms with Crippen LogP contribution in [0.1, 0.15) is 59.3 Å². The normalized spacial score (nSPS) is 19.9. The maximum atomic E-state index is 12.9. The minimum Gasteiger partial charge on any atom is -0.481 e. The molecule has 0 aromatic carbocycles. The molecule has 6 nitrogen and oxygen atoms in total. The lowest BCUT2D eigenvalue weighted by atomic mass is 9.84. The Morgan fingerprint density at radius 2 is 2.07 bits per heavy atom. The van der Waals surface area contributed by atoms with Crippen LogP contribution >= 0.6 is 23.1 Å². The van der Waals surface area contributed by atoms with Gasteiger partial charge in [0, 0.05) is 12.6 Å². The number of nitrogens with zero attached hydrogens (tertiary/aromatic N) is 2. The molecule has 2 N–H and O–H groups in total. The van der Waals surface area contributed by atoms with Gasteiger partial charge < -0.3 is 10.0 Å². The predicted octanol–water partition coefficient (Wildman–Crippen LogP) is 5.17. The van der Waals surface area contributed by atoms with Gasteiger partial charge in [0.15, 0.2) is 5.13 Å². The van der Waals surface area contributed by atoms with Crippen molar-refractivity contribution in [3.63, 3.8) is 0 Å². The number of carboxylic acid groups (broad SMARTS) is 1. The lowest BCUT2D eigenvalue weighted by Crippen LogP contribution is -2.45. The molecule has 0 spiro atoms. The van der Waals surface area contributed by atoms with E-state index in [1.807, 2.05) is 4.90 Å². The maximum absolute atomic E-state index is 12.9. The Balaban J connectivity index is 1.97. The first-order valence-corrected chi connectivity index (χ1v) is 11.6. The first kappa shape index (κ1) is 22.0. The molecule has 2 rings (SSSR count). The summed E-state index contributed by atoms with van der Waals surface area (Å²) in [6.45, 7) is 7.36. The molecule has 0 radical (unpaired) electrons. The Morgan fingerprint density at radius 1 is 1.37 bits per heavy atom. The third-order valence-corrected chi connectivity index (χ3v) is 7.17. The molecule has 0 aliphatic heterocycles. The Kier molecular flexibility index (Phi) is 8.89. The summed E-state index contributed by atoms with van der Waals surface area (Å²) in [5.41, 5.74) is 0. The SMILES string of the molecule is CC[C@H]1CC[C@H](N(CCC(C)C)C(=O)Nc2ncc(SCC(=O)O)s2)CC1. The summed E-state index contributed by atoms with van der Waals surface area (Å²) in [6, 6.07) is 0.215. The zero-order valence-electron chi connectivity index (χ0n) is 16.4. The van der Waals surface area contributed by atoms with E-state index in [0.29, 0.717) is 17.1 Å². The van der Waals surface area contributed by atoms with Gasteiger partial charge in [0.25, 0.3) is 0 Å². The fourth-order valence-corrected chi connectivity index (χ4v) is 4.97. The molecule has 0 bridgehead atoms. The number of hydrogen-bond donors (Lipinski definition) is 2. The number of aromatic nitrogens is 1. The molecule has 1 aromatic heterocycles. The summed E-state index contributed by atoms with van der Waals surface area (Å²) in [4.78, 5) is 29.8. The van der Waals surface area contributed by atoms with Gasteiger partial charge in [-0.15, -0.1) is 11.8 Å². The van der Waals surface area contributed by atoms with E-state index in [0.717, 1.165) is 35.9 Å². The number of anilines is 1. The first-order chi connectivity index (χ1) is 12.9. The second-order valence-corrected chi connectivity index (χ2v) is 9.86. The minimum atomic E-state index is -0.860. The van der Waals surface area contributed by atoms with Gasteiger partial charge in [-0.1, -0.05) is 38.5 Å². The molecule has 27 heavy (non-hydrogen) atoms. The number of amides is 2. The molecule has 1 aliphatic carbocycles. The highest BCUT2D eigenvalue weighted by atomic mass is 32.2. The first-order valence-electron chi connectivity index (χ1n) is 9.77. The Bertz CT molecular complexity index is 613. The highest BCUT2D eigenvalue weighted by Gasteiger charge is 2.28. The highest BCUT2D eigenvalue weighted by Crippen LogP contribution is 2.31. The van der Waals surface area contributed by atoms with Crippen LogP contribution in [0.2, 0.25) is 0 Å². The van der Waals surface area contributed by atoms with Crippen LogP contribution in [0.5, 0.6) is 0 Å². The fraction of sp³-hybridized carbons (Fsp3) is 0.737. The molecule has 1 saturated carbocycles. The van der Waals surface area contributed by atoms with Crippen LogP contribution in [0.3, 0.4) is 0 Å². The second-order valence-electron chi connectivity index (χ2n) is 7.56. The summed E-state index contributed by atoms with van der Waals surface area (Å²) >= 11 is 2.55. The minimum absolute atomic E-state index is 0.00321. The number of nitrogens with one attached hydrogen (secondary N) is 1. The van der Waals surface area contributed by atoms with Gasteiger partial charge in [-0.25, -0.2) is 9.78 Å². The molecule has 1 aliphatic rings. The standard InChI is InChI=1S/C19H31N3O3S2/c1-4-14-5-7-15(8-6-14)22(10-9-13(2)3)19(25)21-18-20-11-17(27-18)26-12-16(23)24/h11,13-15H,4-10,12H2,1-3H3,(H,23,24)(H,20,21,25)/t14-,15-. The molecule has 0 unspecified atom stereocenters. The molecule has 1 aromatic rings. The van der Waals surface area contributed by atoms with E-state index in [1.165, 1.54) is 42.4 Å². The van der Waals surface area contributed by atoms with Gasteiger partial charge in [-0.2, -0.15) is 0 Å². The molecule has 1 heterocycles. The van der Waals surface area contributed by atoms with Gasteiger partial charge in [0.2, 0.25) is 0 Å². The van der Waals surface area contributed by atoms with Crippen LogP contribution in [-0.4, -0.2) is 45.3 Å². The average Bonchev–Trinajstić information content (AvgIpc) is 3.07. The predicted molar refractivity (Wildman–Crippen MR) is 112 cm³/mol. The number of thioether (sulfide) groups is 1. The Hall–Kier alpha value is -1.28. The third kappa shape index (κ3) is 7.33. The van der Waals surface area contributed by atoms with Crippen LogP contribution in [0, 0.1) is 11.8 Å². The van der Waals surface area contributed by atoms with Crippen LogP contribution in [0.25, 0.3) is 0 Å². The van der Waals surface area contributed by atoms with Crippen LogP contribution < -0.4 is 5.32 Å². The molecule has 0 atom stereocenters. The monoisotopic (exact) mass is 413 g/mol. The number of carboxylic acids is 1. The highest BCUT2D eigenvalue weighted by molar-refractivity contribution is 8.01. The third-order valence-electron chi connectivity index (χ3n) is 5.08. The van der Waals surface area contributed by atoms with E-state index in [-0.39, 0.29) is 11.8 Å². The summed E-state index contributed by atoms with van der Waals surface area (Å²) < 4.78 is 0.796. The number of thiazole rings is 1. The van der Waals surface area contributed by atoms with Gasteiger partial charge in [0.1, 0.15) is 0 Å². The van der Waals surface area contributed by atoms with Crippen molar-refractivity contribution in [2.75, 3.05) is 17.6 Å².